The first-order chi connectivity index (χ1) is 10.6. The van der Waals surface area contributed by atoms with Crippen LogP contribution in [-0.4, -0.2) is 11.8 Å². The SMILES string of the molecule is NC(=O)c1cccc(NC(=O)c2cc3c(s2)CCCCC3)c1. The number of carbonyl (C=O) groups is 2. The third-order valence-electron chi connectivity index (χ3n) is 3.88. The first-order valence-electron chi connectivity index (χ1n) is 7.46. The van der Waals surface area contributed by atoms with Crippen LogP contribution in [0.25, 0.3) is 0 Å². The fourth-order valence-corrected chi connectivity index (χ4v) is 3.87. The van der Waals surface area contributed by atoms with Crippen molar-refractivity contribution in [3.8, 4) is 0 Å². The second kappa shape index (κ2) is 6.32. The predicted molar refractivity (Wildman–Crippen MR) is 88.5 cm³/mol. The molecule has 4 nitrogen and oxygen atoms in total. The van der Waals surface area contributed by atoms with Crippen LogP contribution in [0.2, 0.25) is 0 Å². The van der Waals surface area contributed by atoms with Gasteiger partial charge in [-0.2, -0.15) is 0 Å². The highest BCUT2D eigenvalue weighted by Gasteiger charge is 2.16. The van der Waals surface area contributed by atoms with Gasteiger partial charge < -0.3 is 11.1 Å². The Morgan fingerprint density at radius 1 is 1.09 bits per heavy atom. The van der Waals surface area contributed by atoms with Gasteiger partial charge in [0.1, 0.15) is 0 Å². The van der Waals surface area contributed by atoms with Gasteiger partial charge in [0.15, 0.2) is 0 Å². The van der Waals surface area contributed by atoms with Gasteiger partial charge in [-0.05, 0) is 55.5 Å². The lowest BCUT2D eigenvalue weighted by Crippen LogP contribution is -2.13. The summed E-state index contributed by atoms with van der Waals surface area (Å²) < 4.78 is 0. The molecule has 1 aliphatic rings. The Balaban J connectivity index is 1.77. The van der Waals surface area contributed by atoms with Gasteiger partial charge >= 0.3 is 0 Å². The summed E-state index contributed by atoms with van der Waals surface area (Å²) in [4.78, 5) is 25.6. The van der Waals surface area contributed by atoms with Crippen LogP contribution in [0.3, 0.4) is 0 Å². The molecule has 1 aromatic carbocycles. The number of amides is 2. The van der Waals surface area contributed by atoms with Crippen molar-refractivity contribution >= 4 is 28.8 Å². The van der Waals surface area contributed by atoms with E-state index < -0.39 is 5.91 Å². The average molecular weight is 314 g/mol. The number of hydrogen-bond acceptors (Lipinski definition) is 3. The number of rotatable bonds is 3. The van der Waals surface area contributed by atoms with Gasteiger partial charge in [-0.15, -0.1) is 11.3 Å². The number of carbonyl (C=O) groups excluding carboxylic acids is 2. The van der Waals surface area contributed by atoms with Crippen LogP contribution >= 0.6 is 11.3 Å². The molecule has 0 atom stereocenters. The van der Waals surface area contributed by atoms with E-state index in [4.69, 9.17) is 5.73 Å². The summed E-state index contributed by atoms with van der Waals surface area (Å²) in [6.45, 7) is 0. The van der Waals surface area contributed by atoms with Crippen molar-refractivity contribution in [3.63, 3.8) is 0 Å². The maximum atomic E-state index is 12.4. The Morgan fingerprint density at radius 2 is 1.91 bits per heavy atom. The van der Waals surface area contributed by atoms with E-state index in [0.717, 1.165) is 17.7 Å². The van der Waals surface area contributed by atoms with Crippen LogP contribution < -0.4 is 11.1 Å². The molecule has 1 aliphatic carbocycles. The molecule has 3 N–H and O–H groups in total. The molecule has 114 valence electrons. The molecule has 22 heavy (non-hydrogen) atoms. The van der Waals surface area contributed by atoms with E-state index >= 15 is 0 Å². The maximum absolute atomic E-state index is 12.4. The van der Waals surface area contributed by atoms with Gasteiger partial charge in [-0.1, -0.05) is 12.5 Å². The summed E-state index contributed by atoms with van der Waals surface area (Å²) in [5.41, 5.74) is 7.55. The van der Waals surface area contributed by atoms with Crippen molar-refractivity contribution in [2.75, 3.05) is 5.32 Å². The van der Waals surface area contributed by atoms with Gasteiger partial charge in [0, 0.05) is 16.1 Å². The molecule has 0 unspecified atom stereocenters. The number of thiophene rings is 1. The van der Waals surface area contributed by atoms with E-state index in [1.54, 1.807) is 35.6 Å². The van der Waals surface area contributed by atoms with E-state index in [2.05, 4.69) is 5.32 Å². The van der Waals surface area contributed by atoms with Crippen molar-refractivity contribution in [1.82, 2.24) is 0 Å². The summed E-state index contributed by atoms with van der Waals surface area (Å²) in [7, 11) is 0. The third kappa shape index (κ3) is 3.20. The maximum Gasteiger partial charge on any atom is 0.265 e. The highest BCUT2D eigenvalue weighted by atomic mass is 32.1. The number of nitrogens with two attached hydrogens (primary N) is 1. The molecule has 0 spiro atoms. The number of anilines is 1. The summed E-state index contributed by atoms with van der Waals surface area (Å²) in [6.07, 6.45) is 5.81. The lowest BCUT2D eigenvalue weighted by molar-refractivity contribution is 0.0996. The number of nitrogens with one attached hydrogen (secondary N) is 1. The Morgan fingerprint density at radius 3 is 2.73 bits per heavy atom. The molecule has 3 rings (SSSR count). The first-order valence-corrected chi connectivity index (χ1v) is 8.28. The zero-order valence-electron chi connectivity index (χ0n) is 12.2. The Kier molecular flexibility index (Phi) is 4.24. The monoisotopic (exact) mass is 314 g/mol. The van der Waals surface area contributed by atoms with E-state index in [-0.39, 0.29) is 5.91 Å². The zero-order valence-corrected chi connectivity index (χ0v) is 13.0. The fraction of sp³-hybridized carbons (Fsp3) is 0.294. The summed E-state index contributed by atoms with van der Waals surface area (Å²) in [5.74, 6) is -0.626. The molecular formula is C17H18N2O2S. The molecule has 0 fully saturated rings. The second-order valence-corrected chi connectivity index (χ2v) is 6.66. The van der Waals surface area contributed by atoms with E-state index in [1.807, 2.05) is 6.07 Å². The van der Waals surface area contributed by atoms with Crippen molar-refractivity contribution in [2.45, 2.75) is 32.1 Å². The number of aryl methyl sites for hydroxylation is 2. The topological polar surface area (TPSA) is 72.2 Å². The minimum absolute atomic E-state index is 0.125. The molecule has 0 saturated carbocycles. The molecule has 0 aliphatic heterocycles. The van der Waals surface area contributed by atoms with E-state index in [0.29, 0.717) is 11.3 Å². The predicted octanol–water partition coefficient (Wildman–Crippen LogP) is 3.37. The molecule has 0 saturated heterocycles. The molecule has 0 bridgehead atoms. The summed E-state index contributed by atoms with van der Waals surface area (Å²) in [5, 5.41) is 2.84. The number of fused-ring (bicyclic) bond motifs is 1. The minimum Gasteiger partial charge on any atom is -0.366 e. The highest BCUT2D eigenvalue weighted by molar-refractivity contribution is 7.14. The van der Waals surface area contributed by atoms with Crippen molar-refractivity contribution in [1.29, 1.82) is 0 Å². The van der Waals surface area contributed by atoms with Crippen molar-refractivity contribution in [2.24, 2.45) is 5.73 Å². The highest BCUT2D eigenvalue weighted by Crippen LogP contribution is 2.29. The van der Waals surface area contributed by atoms with Gasteiger partial charge in [0.2, 0.25) is 5.91 Å². The second-order valence-electron chi connectivity index (χ2n) is 5.52. The third-order valence-corrected chi connectivity index (χ3v) is 5.11. The number of benzene rings is 1. The minimum atomic E-state index is -0.501. The van der Waals surface area contributed by atoms with Crippen molar-refractivity contribution in [3.05, 3.63) is 51.2 Å². The van der Waals surface area contributed by atoms with Gasteiger partial charge in [0.05, 0.1) is 4.88 Å². The Hall–Kier alpha value is -2.14. The van der Waals surface area contributed by atoms with Gasteiger partial charge in [0.25, 0.3) is 5.91 Å². The molecule has 0 radical (unpaired) electrons. The van der Waals surface area contributed by atoms with Crippen LogP contribution in [0.5, 0.6) is 0 Å². The average Bonchev–Trinajstić information content (AvgIpc) is 2.79. The quantitative estimate of drug-likeness (QED) is 0.853. The lowest BCUT2D eigenvalue weighted by atomic mass is 10.1. The van der Waals surface area contributed by atoms with Gasteiger partial charge in [-0.25, -0.2) is 0 Å². The van der Waals surface area contributed by atoms with Crippen LogP contribution in [0.15, 0.2) is 30.3 Å². The zero-order chi connectivity index (χ0) is 15.5. The Bertz CT molecular complexity index is 698. The van der Waals surface area contributed by atoms with Crippen LogP contribution in [0.4, 0.5) is 5.69 Å². The molecule has 1 aromatic heterocycles. The van der Waals surface area contributed by atoms with Crippen LogP contribution in [-0.2, 0) is 12.8 Å². The van der Waals surface area contributed by atoms with E-state index in [1.165, 1.54) is 29.7 Å². The summed E-state index contributed by atoms with van der Waals surface area (Å²) in [6, 6.07) is 8.70. The summed E-state index contributed by atoms with van der Waals surface area (Å²) >= 11 is 1.58. The smallest absolute Gasteiger partial charge is 0.265 e. The molecule has 5 heteroatoms. The van der Waals surface area contributed by atoms with Crippen LogP contribution in [0.1, 0.15) is 49.7 Å². The van der Waals surface area contributed by atoms with Gasteiger partial charge in [-0.3, -0.25) is 9.59 Å². The largest absolute Gasteiger partial charge is 0.366 e. The fourth-order valence-electron chi connectivity index (χ4n) is 2.72. The normalized spacial score (nSPS) is 14.0. The van der Waals surface area contributed by atoms with Crippen LogP contribution in [0, 0.1) is 0 Å². The lowest BCUT2D eigenvalue weighted by Gasteiger charge is -2.04. The number of primary amides is 1. The van der Waals surface area contributed by atoms with E-state index in [9.17, 15) is 9.59 Å². The van der Waals surface area contributed by atoms with Crippen molar-refractivity contribution < 1.29 is 9.59 Å². The molecule has 2 amide bonds. The number of hydrogen-bond donors (Lipinski definition) is 2. The Labute approximate surface area is 133 Å². The standard InChI is InChI=1S/C17H18N2O2S/c18-16(20)12-6-4-7-13(9-12)19-17(21)15-10-11-5-2-1-3-8-14(11)22-15/h4,6-7,9-10H,1-3,5,8H2,(H2,18,20)(H,19,21). The molecule has 1 heterocycles. The first kappa shape index (κ1) is 14.8. The molecule has 2 aromatic rings. The molecular weight excluding hydrogens is 296 g/mol.